The molecule has 3 aliphatic rings. The van der Waals surface area contributed by atoms with Crippen LogP contribution in [0.4, 0.5) is 24.5 Å². The van der Waals surface area contributed by atoms with E-state index in [2.05, 4.69) is 56.0 Å². The maximum atomic E-state index is 14.5. The van der Waals surface area contributed by atoms with Crippen molar-refractivity contribution >= 4 is 34.6 Å². The fourth-order valence-corrected chi connectivity index (χ4v) is 7.89. The number of fused-ring (bicyclic) bond motifs is 3. The Labute approximate surface area is 263 Å². The summed E-state index contributed by atoms with van der Waals surface area (Å²) in [5.74, 6) is -0.667. The van der Waals surface area contributed by atoms with Gasteiger partial charge in [-0.15, -0.1) is 12.3 Å². The number of hydrogen-bond donors (Lipinski definition) is 1. The van der Waals surface area contributed by atoms with Gasteiger partial charge in [0.05, 0.1) is 22.3 Å². The third-order valence-corrected chi connectivity index (χ3v) is 10.3. The Bertz CT molecular complexity index is 1500. The van der Waals surface area contributed by atoms with Crippen LogP contribution in [0.2, 0.25) is 0 Å². The lowest BCUT2D eigenvalue weighted by molar-refractivity contribution is -0.191. The molecule has 0 spiro atoms. The molecule has 5 nitrogen and oxygen atoms in total. The van der Waals surface area contributed by atoms with Crippen molar-refractivity contribution in [3.05, 3.63) is 83.9 Å². The summed E-state index contributed by atoms with van der Waals surface area (Å²) in [5, 5.41) is 4.49. The van der Waals surface area contributed by atoms with E-state index >= 15 is 0 Å². The minimum Gasteiger partial charge on any atom is -0.368 e. The molecule has 5 rings (SSSR count). The molecule has 1 unspecified atom stereocenters. The Morgan fingerprint density at radius 2 is 1.98 bits per heavy atom. The number of halogens is 3. The number of nitrogens with one attached hydrogen (secondary N) is 1. The lowest BCUT2D eigenvalue weighted by atomic mass is 9.90. The van der Waals surface area contributed by atoms with Crippen LogP contribution in [0.3, 0.4) is 0 Å². The van der Waals surface area contributed by atoms with Crippen molar-refractivity contribution in [3.8, 4) is 0 Å². The number of aromatic nitrogens is 1. The zero-order valence-electron chi connectivity index (χ0n) is 25.9. The number of alkyl halides is 3. The normalized spacial score (nSPS) is 20.5. The maximum absolute atomic E-state index is 14.5. The minimum atomic E-state index is -4.63. The van der Waals surface area contributed by atoms with Gasteiger partial charge in [0.25, 0.3) is 0 Å². The fraction of sp³-hybridized carbons (Fsp3) is 0.457. The monoisotopic (exact) mass is 622 g/mol. The van der Waals surface area contributed by atoms with Crippen LogP contribution >= 0.6 is 11.8 Å². The van der Waals surface area contributed by atoms with Crippen molar-refractivity contribution in [1.29, 1.82) is 0 Å². The molecule has 1 N–H and O–H groups in total. The summed E-state index contributed by atoms with van der Waals surface area (Å²) in [4.78, 5) is 21.1. The van der Waals surface area contributed by atoms with E-state index in [0.717, 1.165) is 34.2 Å². The number of piperidine rings is 1. The molecule has 44 heavy (non-hydrogen) atoms. The molecule has 3 atom stereocenters. The molecular formula is C35H41F3N4OS. The number of anilines is 2. The number of hydrogen-bond acceptors (Lipinski definition) is 5. The van der Waals surface area contributed by atoms with Crippen LogP contribution in [0.5, 0.6) is 0 Å². The zero-order chi connectivity index (χ0) is 31.8. The summed E-state index contributed by atoms with van der Waals surface area (Å²) >= 11 is 1.78. The molecule has 1 amide bonds. The number of carbonyl (C=O) groups excluding carboxylic acids is 1. The second kappa shape index (κ2) is 12.5. The molecule has 0 saturated carbocycles. The van der Waals surface area contributed by atoms with E-state index in [1.165, 1.54) is 35.9 Å². The summed E-state index contributed by atoms with van der Waals surface area (Å²) in [5.41, 5.74) is 9.13. The Hall–Kier alpha value is -3.42. The average Bonchev–Trinajstić information content (AvgIpc) is 3.57. The molecule has 1 aliphatic carbocycles. The largest absolute Gasteiger partial charge is 0.413 e. The highest BCUT2D eigenvalue weighted by molar-refractivity contribution is 8.02. The lowest BCUT2D eigenvalue weighted by Crippen LogP contribution is -2.45. The molecule has 2 aliphatic heterocycles. The van der Waals surface area contributed by atoms with Gasteiger partial charge in [-0.1, -0.05) is 62.9 Å². The zero-order valence-corrected chi connectivity index (χ0v) is 26.7. The van der Waals surface area contributed by atoms with Gasteiger partial charge in [-0.25, -0.2) is 4.98 Å². The number of allylic oxidation sites excluding steroid dienone is 1. The smallest absolute Gasteiger partial charge is 0.368 e. The van der Waals surface area contributed by atoms with Crippen LogP contribution in [0.25, 0.3) is 5.57 Å². The summed E-state index contributed by atoms with van der Waals surface area (Å²) < 4.78 is 43.5. The van der Waals surface area contributed by atoms with Gasteiger partial charge in [-0.05, 0) is 60.9 Å². The Morgan fingerprint density at radius 3 is 2.57 bits per heavy atom. The topological polar surface area (TPSA) is 48.5 Å². The number of thioether (sulfide) groups is 1. The first-order valence-electron chi connectivity index (χ1n) is 15.3. The molecule has 1 aromatic heterocycles. The van der Waals surface area contributed by atoms with Gasteiger partial charge in [0.15, 0.2) is 6.04 Å². The highest BCUT2D eigenvalue weighted by Crippen LogP contribution is 2.64. The van der Waals surface area contributed by atoms with E-state index in [-0.39, 0.29) is 10.3 Å². The summed E-state index contributed by atoms with van der Waals surface area (Å²) in [6, 6.07) is 4.21. The van der Waals surface area contributed by atoms with Crippen molar-refractivity contribution in [3.63, 3.8) is 0 Å². The number of benzene rings is 1. The van der Waals surface area contributed by atoms with Gasteiger partial charge in [0.2, 0.25) is 5.91 Å². The number of carbonyl (C=O) groups is 1. The van der Waals surface area contributed by atoms with Crippen LogP contribution in [-0.4, -0.2) is 51.8 Å². The molecule has 9 heteroatoms. The van der Waals surface area contributed by atoms with Gasteiger partial charge < -0.3 is 15.1 Å². The highest BCUT2D eigenvalue weighted by atomic mass is 32.2. The molecule has 1 fully saturated rings. The van der Waals surface area contributed by atoms with E-state index in [0.29, 0.717) is 44.0 Å². The molecule has 2 aromatic rings. The molecule has 1 aromatic carbocycles. The molecule has 0 bridgehead atoms. The molecule has 1 saturated heterocycles. The van der Waals surface area contributed by atoms with Crippen LogP contribution in [-0.2, 0) is 4.79 Å². The Balaban J connectivity index is 1.33. The van der Waals surface area contributed by atoms with Gasteiger partial charge in [0.1, 0.15) is 5.03 Å². The molecule has 3 heterocycles. The summed E-state index contributed by atoms with van der Waals surface area (Å²) in [7, 11) is 1.27. The van der Waals surface area contributed by atoms with Crippen molar-refractivity contribution in [1.82, 2.24) is 14.8 Å². The van der Waals surface area contributed by atoms with E-state index in [1.807, 2.05) is 6.20 Å². The fourth-order valence-electron chi connectivity index (χ4n) is 6.68. The molecular weight excluding hydrogens is 581 g/mol. The number of rotatable bonds is 11. The van der Waals surface area contributed by atoms with E-state index in [9.17, 15) is 18.0 Å². The number of pyridine rings is 1. The molecule has 234 valence electrons. The van der Waals surface area contributed by atoms with Crippen molar-refractivity contribution in [2.24, 2.45) is 5.92 Å². The number of nitrogens with zero attached hydrogens (tertiary/aromatic N) is 3. The highest BCUT2D eigenvalue weighted by Gasteiger charge is 2.50. The van der Waals surface area contributed by atoms with E-state index in [1.54, 1.807) is 30.0 Å². The SMILES string of the molecule is C=C=C(CC=C)N1CCC(C(=O)N(C)[C@@H](c2ccc(Nc3cnc4c(c3[C@@H](C)CCC)C3=CC3(C)S4)cc2)C(F)(F)F)CC1. The standard InChI is InChI=1S/C35H41F3N4OS/c1-7-10-22(4)29-28(21-39-32-30(29)27-20-34(27,5)44-32)40-25-14-12-23(13-15-25)31(35(36,37)38)41(6)33(43)24-16-18-42(19-17-24)26(9-3)11-8-2/h8,12-15,20-22,24,31,40H,2-3,7,10-11,16-19H2,1,4-6H3/t22-,31-,34?/m0/s1. The maximum Gasteiger partial charge on any atom is 0.413 e. The number of likely N-dealkylation sites (tertiary alicyclic amines) is 1. The third kappa shape index (κ3) is 6.22. The van der Waals surface area contributed by atoms with Gasteiger partial charge in [-0.3, -0.25) is 4.79 Å². The third-order valence-electron chi connectivity index (χ3n) is 9.07. The Morgan fingerprint density at radius 1 is 1.30 bits per heavy atom. The van der Waals surface area contributed by atoms with Crippen molar-refractivity contribution < 1.29 is 18.0 Å². The summed E-state index contributed by atoms with van der Waals surface area (Å²) in [6.45, 7) is 15.2. The first kappa shape index (κ1) is 32.0. The quantitative estimate of drug-likeness (QED) is 0.200. The van der Waals surface area contributed by atoms with Gasteiger partial charge in [-0.2, -0.15) is 13.2 Å². The van der Waals surface area contributed by atoms with E-state index in [4.69, 9.17) is 4.98 Å². The number of amides is 1. The van der Waals surface area contributed by atoms with Crippen LogP contribution in [0.15, 0.2) is 72.2 Å². The average molecular weight is 623 g/mol. The minimum absolute atomic E-state index is 0.0282. The van der Waals surface area contributed by atoms with Crippen LogP contribution < -0.4 is 5.32 Å². The van der Waals surface area contributed by atoms with Gasteiger partial charge in [0, 0.05) is 43.7 Å². The Kier molecular flexibility index (Phi) is 9.11. The predicted octanol–water partition coefficient (Wildman–Crippen LogP) is 9.01. The van der Waals surface area contributed by atoms with Crippen LogP contribution in [0, 0.1) is 5.92 Å². The molecule has 0 radical (unpaired) electrons. The first-order chi connectivity index (χ1) is 20.9. The van der Waals surface area contributed by atoms with Gasteiger partial charge >= 0.3 is 6.18 Å². The van der Waals surface area contributed by atoms with Crippen molar-refractivity contribution in [2.45, 2.75) is 80.8 Å². The predicted molar refractivity (Wildman–Crippen MR) is 173 cm³/mol. The first-order valence-corrected chi connectivity index (χ1v) is 16.1. The van der Waals surface area contributed by atoms with Crippen LogP contribution in [0.1, 0.15) is 81.5 Å². The second-order valence-corrected chi connectivity index (χ2v) is 13.7. The van der Waals surface area contributed by atoms with E-state index < -0.39 is 24.0 Å². The lowest BCUT2D eigenvalue weighted by Gasteiger charge is -2.37. The second-order valence-electron chi connectivity index (χ2n) is 12.2. The summed E-state index contributed by atoms with van der Waals surface area (Å²) in [6.07, 6.45) is 4.88. The van der Waals surface area contributed by atoms with Crippen molar-refractivity contribution in [2.75, 3.05) is 25.5 Å².